The van der Waals surface area contributed by atoms with Gasteiger partial charge in [0.05, 0.1) is 42.3 Å². The zero-order valence-corrected chi connectivity index (χ0v) is 32.1. The Morgan fingerprint density at radius 2 is 1.08 bits per heavy atom. The number of nitrogen functional groups attached to an aromatic ring is 1. The number of hydrazine groups is 2. The van der Waals surface area contributed by atoms with Crippen molar-refractivity contribution in [2.45, 2.75) is 13.8 Å². The summed E-state index contributed by atoms with van der Waals surface area (Å²) < 4.78 is 4.91. The minimum atomic E-state index is -0.366. The number of rotatable bonds is 6. The van der Waals surface area contributed by atoms with Gasteiger partial charge in [-0.15, -0.1) is 0 Å². The van der Waals surface area contributed by atoms with Crippen molar-refractivity contribution < 1.29 is 19.4 Å². The molecule has 1 amide bonds. The first kappa shape index (κ1) is 44.7. The van der Waals surface area contributed by atoms with Crippen molar-refractivity contribution in [1.29, 1.82) is 0 Å². The summed E-state index contributed by atoms with van der Waals surface area (Å²) in [6.45, 7) is 16.8. The fourth-order valence-electron chi connectivity index (χ4n) is 5.42. The van der Waals surface area contributed by atoms with Crippen molar-refractivity contribution in [3.63, 3.8) is 0 Å². The highest BCUT2D eigenvalue weighted by molar-refractivity contribution is 5.92. The van der Waals surface area contributed by atoms with Crippen molar-refractivity contribution in [2.75, 3.05) is 128 Å². The molecule has 3 aliphatic rings. The molecule has 0 aliphatic carbocycles. The molecule has 6 rings (SSSR count). The summed E-state index contributed by atoms with van der Waals surface area (Å²) in [6, 6.07) is 11.4. The fourth-order valence-corrected chi connectivity index (χ4v) is 5.42. The van der Waals surface area contributed by atoms with E-state index < -0.39 is 0 Å². The second-order valence-electron chi connectivity index (χ2n) is 12.4. The van der Waals surface area contributed by atoms with Gasteiger partial charge >= 0.3 is 5.97 Å². The number of aromatic nitrogens is 3. The molecule has 0 aromatic carbocycles. The number of nitrogens with zero attached hydrogens (tertiary/aromatic N) is 9. The van der Waals surface area contributed by atoms with E-state index in [0.29, 0.717) is 18.0 Å². The average molecular weight is 740 g/mol. The fraction of sp³-hybridized carbons (Fsp3) is 0.528. The highest BCUT2D eigenvalue weighted by atomic mass is 16.5. The first-order valence-corrected chi connectivity index (χ1v) is 17.9. The number of aliphatic hydroxyl groups is 1. The quantitative estimate of drug-likeness (QED) is 0.0982. The third-order valence-corrected chi connectivity index (χ3v) is 8.60. The van der Waals surface area contributed by atoms with Gasteiger partial charge in [0.1, 0.15) is 11.4 Å². The van der Waals surface area contributed by atoms with Crippen molar-refractivity contribution in [3.05, 3.63) is 72.6 Å². The van der Waals surface area contributed by atoms with Crippen molar-refractivity contribution in [2.24, 2.45) is 17.5 Å². The van der Waals surface area contributed by atoms with E-state index in [-0.39, 0.29) is 18.5 Å². The summed E-state index contributed by atoms with van der Waals surface area (Å²) in [5.74, 6) is 12.3. The van der Waals surface area contributed by atoms with Gasteiger partial charge in [-0.05, 0) is 71.4 Å². The van der Waals surface area contributed by atoms with Crippen LogP contribution < -0.4 is 37.7 Å². The van der Waals surface area contributed by atoms with E-state index in [0.717, 1.165) is 89.9 Å². The summed E-state index contributed by atoms with van der Waals surface area (Å²) in [4.78, 5) is 48.9. The maximum Gasteiger partial charge on any atom is 0.356 e. The normalized spacial score (nSPS) is 16.2. The first-order valence-electron chi connectivity index (χ1n) is 17.9. The molecular weight excluding hydrogens is 678 g/mol. The van der Waals surface area contributed by atoms with E-state index in [1.165, 1.54) is 5.69 Å². The molecule has 294 valence electrons. The third kappa shape index (κ3) is 16.0. The number of carbonyl (C=O) groups is 2. The number of esters is 1. The van der Waals surface area contributed by atoms with Gasteiger partial charge in [-0.2, -0.15) is 0 Å². The standard InChI is InChI=1S/C13H19N3O2.C11H17N5O.C10H15N3.C2H6O.H4N2/c1-3-18-13(17)12-5-4-11(10-14-12)16-8-6-15(2)7-9-16;1-15-4-6-16(7-5-15)9-2-3-10(13-8-9)11(17)14-12;1-12-5-7-13(8-6-12)10-3-2-4-11-9-10;1-2-3;1-2/h4-5,10H,3,6-9H2,1-2H3;2-3,8H,4-7,12H2,1H3,(H,14,17);2-4,9H,5-8H2,1H3;3H,2H2,1H3;1-2H2. The van der Waals surface area contributed by atoms with Gasteiger partial charge in [0.25, 0.3) is 5.91 Å². The van der Waals surface area contributed by atoms with Crippen LogP contribution in [0.4, 0.5) is 17.1 Å². The number of carbonyl (C=O) groups excluding carboxylic acids is 2. The molecule has 53 heavy (non-hydrogen) atoms. The second-order valence-corrected chi connectivity index (χ2v) is 12.4. The lowest BCUT2D eigenvalue weighted by Crippen LogP contribution is -2.44. The number of likely N-dealkylation sites (N-methyl/N-ethyl adjacent to an activating group) is 3. The van der Waals surface area contributed by atoms with Gasteiger partial charge in [-0.1, -0.05) is 0 Å². The van der Waals surface area contributed by atoms with Gasteiger partial charge in [-0.3, -0.25) is 26.9 Å². The van der Waals surface area contributed by atoms with Gasteiger partial charge < -0.3 is 39.2 Å². The molecule has 0 atom stereocenters. The van der Waals surface area contributed by atoms with Crippen LogP contribution in [0.3, 0.4) is 0 Å². The maximum atomic E-state index is 11.5. The molecule has 3 aliphatic heterocycles. The van der Waals surface area contributed by atoms with E-state index >= 15 is 0 Å². The molecule has 3 aromatic heterocycles. The monoisotopic (exact) mass is 739 g/mol. The molecule has 3 fully saturated rings. The Kier molecular flexibility index (Phi) is 21.5. The van der Waals surface area contributed by atoms with Crippen LogP contribution in [0, 0.1) is 0 Å². The topological polar surface area (TPSA) is 212 Å². The number of ether oxygens (including phenoxy) is 1. The SMILES string of the molecule is CCO.CCOC(=O)c1ccc(N2CCN(C)CC2)cn1.CN1CCN(c2ccc(C(=O)NN)nc2)CC1.CN1CCN(c2cccnc2)CC1.NN. The zero-order chi connectivity index (χ0) is 39.0. The number of pyridine rings is 3. The molecule has 0 bridgehead atoms. The van der Waals surface area contributed by atoms with Crippen molar-refractivity contribution in [1.82, 2.24) is 35.1 Å². The Bertz CT molecular complexity index is 1400. The summed E-state index contributed by atoms with van der Waals surface area (Å²) in [7, 11) is 6.41. The van der Waals surface area contributed by atoms with Crippen molar-refractivity contribution >= 4 is 28.9 Å². The first-order chi connectivity index (χ1) is 25.7. The lowest BCUT2D eigenvalue weighted by Gasteiger charge is -2.33. The van der Waals surface area contributed by atoms with Crippen LogP contribution in [0.1, 0.15) is 34.8 Å². The van der Waals surface area contributed by atoms with E-state index in [1.807, 2.05) is 30.6 Å². The Morgan fingerprint density at radius 1 is 0.679 bits per heavy atom. The van der Waals surface area contributed by atoms with Crippen LogP contribution in [0.25, 0.3) is 0 Å². The zero-order valence-electron chi connectivity index (χ0n) is 32.1. The highest BCUT2D eigenvalue weighted by Gasteiger charge is 2.17. The number of hydrogen-bond donors (Lipinski definition) is 5. The third-order valence-electron chi connectivity index (χ3n) is 8.60. The molecule has 0 saturated carbocycles. The Hall–Kier alpha value is -4.49. The number of nitrogens with one attached hydrogen (secondary N) is 1. The van der Waals surface area contributed by atoms with Gasteiger partial charge in [0.2, 0.25) is 0 Å². The summed E-state index contributed by atoms with van der Waals surface area (Å²) in [5.41, 5.74) is 6.13. The smallest absolute Gasteiger partial charge is 0.356 e. The minimum Gasteiger partial charge on any atom is -0.461 e. The van der Waals surface area contributed by atoms with Gasteiger partial charge in [0, 0.05) is 91.3 Å². The number of nitrogens with two attached hydrogens (primary N) is 3. The predicted octanol–water partition coefficient (Wildman–Crippen LogP) is 0.0978. The molecule has 0 radical (unpaired) electrons. The Morgan fingerprint density at radius 3 is 1.40 bits per heavy atom. The average Bonchev–Trinajstić information content (AvgIpc) is 3.21. The predicted molar refractivity (Wildman–Crippen MR) is 211 cm³/mol. The van der Waals surface area contributed by atoms with Crippen LogP contribution >= 0.6 is 0 Å². The van der Waals surface area contributed by atoms with Crippen LogP contribution in [0.5, 0.6) is 0 Å². The van der Waals surface area contributed by atoms with E-state index in [9.17, 15) is 9.59 Å². The maximum absolute atomic E-state index is 11.5. The molecule has 3 saturated heterocycles. The molecule has 3 aromatic rings. The van der Waals surface area contributed by atoms with E-state index in [4.69, 9.17) is 15.7 Å². The molecule has 6 heterocycles. The molecule has 17 nitrogen and oxygen atoms in total. The van der Waals surface area contributed by atoms with Crippen LogP contribution in [-0.4, -0.2) is 160 Å². The van der Waals surface area contributed by atoms with Gasteiger partial charge in [-0.25, -0.2) is 20.6 Å². The highest BCUT2D eigenvalue weighted by Crippen LogP contribution is 2.17. The molecular formula is C36H61N13O4. The van der Waals surface area contributed by atoms with Crippen LogP contribution in [0.2, 0.25) is 0 Å². The number of amides is 1. The molecule has 17 heteroatoms. The molecule has 0 spiro atoms. The van der Waals surface area contributed by atoms with E-state index in [1.54, 1.807) is 38.4 Å². The summed E-state index contributed by atoms with van der Waals surface area (Å²) >= 11 is 0. The largest absolute Gasteiger partial charge is 0.461 e. The summed E-state index contributed by atoms with van der Waals surface area (Å²) in [6.07, 6.45) is 7.22. The lowest BCUT2D eigenvalue weighted by molar-refractivity contribution is 0.0519. The van der Waals surface area contributed by atoms with Crippen LogP contribution in [0.15, 0.2) is 61.2 Å². The number of aliphatic hydroxyl groups excluding tert-OH is 1. The van der Waals surface area contributed by atoms with Crippen molar-refractivity contribution in [3.8, 4) is 0 Å². The summed E-state index contributed by atoms with van der Waals surface area (Å²) in [5, 5.41) is 7.57. The second kappa shape index (κ2) is 25.5. The minimum absolute atomic E-state index is 0.250. The molecule has 0 unspecified atom stereocenters. The Balaban J connectivity index is 0.000000261. The number of anilines is 3. The molecule has 8 N–H and O–H groups in total. The van der Waals surface area contributed by atoms with E-state index in [2.05, 4.69) is 88.7 Å². The number of hydrogen-bond acceptors (Lipinski definition) is 16. The van der Waals surface area contributed by atoms with Gasteiger partial charge in [0.15, 0.2) is 0 Å². The Labute approximate surface area is 314 Å². The number of piperazine rings is 3. The lowest BCUT2D eigenvalue weighted by atomic mass is 10.2. The van der Waals surface area contributed by atoms with Crippen LogP contribution in [-0.2, 0) is 4.74 Å².